The number of sulfonamides is 1. The average molecular weight is 350 g/mol. The zero-order chi connectivity index (χ0) is 17.2. The van der Waals surface area contributed by atoms with Crippen molar-refractivity contribution < 1.29 is 13.2 Å². The van der Waals surface area contributed by atoms with Crippen LogP contribution in [0.25, 0.3) is 0 Å². The quantitative estimate of drug-likeness (QED) is 0.852. The number of nitrogens with one attached hydrogen (secondary N) is 2. The van der Waals surface area contributed by atoms with Crippen molar-refractivity contribution in [1.29, 1.82) is 0 Å². The predicted octanol–water partition coefficient (Wildman–Crippen LogP) is 1.97. The second-order valence-corrected chi connectivity index (χ2v) is 9.04. The van der Waals surface area contributed by atoms with Crippen molar-refractivity contribution in [2.24, 2.45) is 11.8 Å². The molecule has 5 nitrogen and oxygen atoms in total. The highest BCUT2D eigenvalue weighted by Crippen LogP contribution is 2.34. The lowest BCUT2D eigenvalue weighted by Gasteiger charge is -2.39. The van der Waals surface area contributed by atoms with Gasteiger partial charge in [0, 0.05) is 18.5 Å². The van der Waals surface area contributed by atoms with Crippen molar-refractivity contribution in [1.82, 2.24) is 10.0 Å². The molecule has 2 fully saturated rings. The van der Waals surface area contributed by atoms with E-state index in [2.05, 4.69) is 10.0 Å². The Bertz CT molecular complexity index is 685. The first-order valence-corrected chi connectivity index (χ1v) is 10.6. The van der Waals surface area contributed by atoms with Gasteiger partial charge in [0.05, 0.1) is 6.26 Å². The van der Waals surface area contributed by atoms with Crippen molar-refractivity contribution in [3.8, 4) is 0 Å². The lowest BCUT2D eigenvalue weighted by Crippen LogP contribution is -2.51. The molecule has 0 spiro atoms. The normalized spacial score (nSPS) is 27.4. The molecule has 1 aromatic carbocycles. The zero-order valence-electron chi connectivity index (χ0n) is 14.1. The molecule has 2 N–H and O–H groups in total. The molecule has 1 saturated heterocycles. The maximum atomic E-state index is 12.3. The van der Waals surface area contributed by atoms with Gasteiger partial charge >= 0.3 is 0 Å². The summed E-state index contributed by atoms with van der Waals surface area (Å²) in [6, 6.07) is 8.25. The summed E-state index contributed by atoms with van der Waals surface area (Å²) in [6.07, 6.45) is 7.79. The highest BCUT2D eigenvalue weighted by Gasteiger charge is 2.36. The van der Waals surface area contributed by atoms with Crippen molar-refractivity contribution in [3.63, 3.8) is 0 Å². The number of hydrogen-bond donors (Lipinski definition) is 2. The molecule has 1 saturated carbocycles. The minimum atomic E-state index is -3.18. The third kappa shape index (κ3) is 4.57. The molecule has 1 aliphatic carbocycles. The molecule has 1 aliphatic heterocycles. The van der Waals surface area contributed by atoms with Crippen LogP contribution in [0.2, 0.25) is 0 Å². The van der Waals surface area contributed by atoms with Crippen molar-refractivity contribution in [2.45, 2.75) is 51.1 Å². The first-order valence-electron chi connectivity index (χ1n) is 8.73. The van der Waals surface area contributed by atoms with E-state index in [9.17, 15) is 13.2 Å². The van der Waals surface area contributed by atoms with Gasteiger partial charge in [-0.05, 0) is 42.7 Å². The number of rotatable bonds is 5. The van der Waals surface area contributed by atoms with E-state index in [0.717, 1.165) is 36.6 Å². The van der Waals surface area contributed by atoms with Crippen molar-refractivity contribution in [2.75, 3.05) is 6.26 Å². The summed E-state index contributed by atoms with van der Waals surface area (Å²) in [6.45, 7) is 0.298. The van der Waals surface area contributed by atoms with Gasteiger partial charge in [-0.15, -0.1) is 0 Å². The Kier molecular flexibility index (Phi) is 5.25. The van der Waals surface area contributed by atoms with E-state index in [-0.39, 0.29) is 11.8 Å². The molecule has 0 aromatic heterocycles. The third-order valence-electron chi connectivity index (χ3n) is 5.24. The number of carbonyl (C=O) groups is 1. The van der Waals surface area contributed by atoms with Crippen LogP contribution in [0.4, 0.5) is 0 Å². The van der Waals surface area contributed by atoms with E-state index in [4.69, 9.17) is 0 Å². The van der Waals surface area contributed by atoms with Crippen LogP contribution in [-0.4, -0.2) is 26.6 Å². The molecule has 24 heavy (non-hydrogen) atoms. The van der Waals surface area contributed by atoms with E-state index in [0.29, 0.717) is 18.5 Å². The summed E-state index contributed by atoms with van der Waals surface area (Å²) in [5.41, 5.74) is 2.05. The Morgan fingerprint density at radius 3 is 2.50 bits per heavy atom. The van der Waals surface area contributed by atoms with Gasteiger partial charge in [-0.25, -0.2) is 13.1 Å². The fourth-order valence-corrected chi connectivity index (χ4v) is 4.35. The highest BCUT2D eigenvalue weighted by atomic mass is 32.2. The third-order valence-corrected chi connectivity index (χ3v) is 5.91. The molecule has 1 heterocycles. The number of amides is 1. The Balaban J connectivity index is 1.58. The van der Waals surface area contributed by atoms with E-state index in [1.165, 1.54) is 19.3 Å². The molecule has 0 bridgehead atoms. The summed E-state index contributed by atoms with van der Waals surface area (Å²) in [5.74, 6) is 0.894. The van der Waals surface area contributed by atoms with E-state index >= 15 is 0 Å². The lowest BCUT2D eigenvalue weighted by molar-refractivity contribution is -0.129. The van der Waals surface area contributed by atoms with Crippen LogP contribution in [0, 0.1) is 11.8 Å². The molecule has 1 amide bonds. The van der Waals surface area contributed by atoms with Gasteiger partial charge in [0.15, 0.2) is 0 Å². The minimum Gasteiger partial charge on any atom is -0.353 e. The topological polar surface area (TPSA) is 75.3 Å². The average Bonchev–Trinajstić information content (AvgIpc) is 2.54. The minimum absolute atomic E-state index is 0.0596. The Morgan fingerprint density at radius 1 is 1.12 bits per heavy atom. The fraction of sp³-hybridized carbons (Fsp3) is 0.611. The van der Waals surface area contributed by atoms with E-state index in [1.807, 2.05) is 24.3 Å². The van der Waals surface area contributed by atoms with Crippen LogP contribution >= 0.6 is 0 Å². The summed E-state index contributed by atoms with van der Waals surface area (Å²) >= 11 is 0. The monoisotopic (exact) mass is 350 g/mol. The summed E-state index contributed by atoms with van der Waals surface area (Å²) in [4.78, 5) is 12.3. The molecule has 2 aliphatic rings. The van der Waals surface area contributed by atoms with Gasteiger partial charge < -0.3 is 5.32 Å². The molecular weight excluding hydrogens is 324 g/mol. The van der Waals surface area contributed by atoms with Crippen molar-refractivity contribution >= 4 is 15.9 Å². The number of fused-ring (bicyclic) bond motifs is 1. The molecule has 3 atom stereocenters. The van der Waals surface area contributed by atoms with Gasteiger partial charge in [-0.3, -0.25) is 4.79 Å². The number of hydrogen-bond acceptors (Lipinski definition) is 3. The first-order chi connectivity index (χ1) is 11.4. The van der Waals surface area contributed by atoms with Crippen LogP contribution in [0.3, 0.4) is 0 Å². The molecular formula is C18H26N2O3S. The van der Waals surface area contributed by atoms with Crippen LogP contribution < -0.4 is 10.0 Å². The Morgan fingerprint density at radius 2 is 1.79 bits per heavy atom. The maximum absolute atomic E-state index is 12.3. The van der Waals surface area contributed by atoms with Crippen LogP contribution in [0.1, 0.15) is 43.2 Å². The maximum Gasteiger partial charge on any atom is 0.223 e. The summed E-state index contributed by atoms with van der Waals surface area (Å²) < 4.78 is 24.7. The lowest BCUT2D eigenvalue weighted by atomic mass is 9.74. The van der Waals surface area contributed by atoms with Gasteiger partial charge in [0.25, 0.3) is 0 Å². The Hall–Kier alpha value is -1.40. The summed E-state index contributed by atoms with van der Waals surface area (Å²) in [7, 11) is -3.18. The van der Waals surface area contributed by atoms with Crippen molar-refractivity contribution in [3.05, 3.63) is 35.4 Å². The van der Waals surface area contributed by atoms with Gasteiger partial charge in [0.2, 0.25) is 15.9 Å². The molecule has 1 aromatic rings. The van der Waals surface area contributed by atoms with Crippen LogP contribution in [0.5, 0.6) is 0 Å². The van der Waals surface area contributed by atoms with Gasteiger partial charge in [-0.1, -0.05) is 37.1 Å². The SMILES string of the molecule is CS(=O)(=O)NCc1ccc(CC2CC3CCCCC3NC2=O)cc1. The first kappa shape index (κ1) is 17.4. The van der Waals surface area contributed by atoms with Crippen LogP contribution in [-0.2, 0) is 27.8 Å². The second kappa shape index (κ2) is 7.23. The highest BCUT2D eigenvalue weighted by molar-refractivity contribution is 7.88. The van der Waals surface area contributed by atoms with E-state index < -0.39 is 10.0 Å². The molecule has 3 rings (SSSR count). The summed E-state index contributed by atoms with van der Waals surface area (Å²) in [5, 5.41) is 3.22. The largest absolute Gasteiger partial charge is 0.353 e. The molecule has 0 radical (unpaired) electrons. The molecule has 132 valence electrons. The number of piperidine rings is 1. The smallest absolute Gasteiger partial charge is 0.223 e. The predicted molar refractivity (Wildman–Crippen MR) is 93.8 cm³/mol. The number of carbonyl (C=O) groups excluding carboxylic acids is 1. The standard InChI is InChI=1S/C18H26N2O3S/c1-24(22,23)19-12-14-8-6-13(7-9-14)10-16-11-15-4-2-3-5-17(15)20-18(16)21/h6-9,15-17,19H,2-5,10-12H2,1H3,(H,20,21). The Labute approximate surface area is 144 Å². The zero-order valence-corrected chi connectivity index (χ0v) is 14.9. The molecule has 3 unspecified atom stereocenters. The van der Waals surface area contributed by atoms with Gasteiger partial charge in [0.1, 0.15) is 0 Å². The molecule has 6 heteroatoms. The van der Waals surface area contributed by atoms with Gasteiger partial charge in [-0.2, -0.15) is 0 Å². The fourth-order valence-electron chi connectivity index (χ4n) is 3.92. The number of benzene rings is 1. The van der Waals surface area contributed by atoms with Crippen LogP contribution in [0.15, 0.2) is 24.3 Å². The second-order valence-electron chi connectivity index (χ2n) is 7.21. The van der Waals surface area contributed by atoms with E-state index in [1.54, 1.807) is 0 Å².